The van der Waals surface area contributed by atoms with Crippen LogP contribution in [0.4, 0.5) is 0 Å². The molecule has 0 aliphatic carbocycles. The summed E-state index contributed by atoms with van der Waals surface area (Å²) in [6.45, 7) is 9.90. The van der Waals surface area contributed by atoms with Crippen LogP contribution in [-0.4, -0.2) is 6.54 Å². The van der Waals surface area contributed by atoms with E-state index in [4.69, 9.17) is 0 Å². The molecule has 0 aromatic heterocycles. The Morgan fingerprint density at radius 1 is 0.905 bits per heavy atom. The van der Waals surface area contributed by atoms with Crippen molar-refractivity contribution in [3.63, 3.8) is 0 Å². The van der Waals surface area contributed by atoms with Crippen LogP contribution < -0.4 is 5.32 Å². The predicted molar refractivity (Wildman–Crippen MR) is 92.5 cm³/mol. The highest BCUT2D eigenvalue weighted by Crippen LogP contribution is 2.24. The van der Waals surface area contributed by atoms with Crippen LogP contribution in [0, 0.1) is 5.92 Å². The fourth-order valence-corrected chi connectivity index (χ4v) is 2.76. The van der Waals surface area contributed by atoms with Crippen LogP contribution in [0.5, 0.6) is 0 Å². The van der Waals surface area contributed by atoms with Crippen LogP contribution in [0.15, 0.2) is 48.5 Å². The molecule has 1 nitrogen and oxygen atoms in total. The van der Waals surface area contributed by atoms with Crippen LogP contribution in [0.1, 0.15) is 44.9 Å². The molecule has 2 rings (SSSR count). The lowest BCUT2D eigenvalue weighted by Gasteiger charge is -2.14. The van der Waals surface area contributed by atoms with Gasteiger partial charge < -0.3 is 5.32 Å². The third-order valence-corrected chi connectivity index (χ3v) is 3.80. The Balaban J connectivity index is 2.27. The van der Waals surface area contributed by atoms with Gasteiger partial charge >= 0.3 is 0 Å². The molecular weight excluding hydrogens is 254 g/mol. The summed E-state index contributed by atoms with van der Waals surface area (Å²) in [5.41, 5.74) is 5.40. The van der Waals surface area contributed by atoms with E-state index < -0.39 is 0 Å². The van der Waals surface area contributed by atoms with E-state index in [-0.39, 0.29) is 0 Å². The van der Waals surface area contributed by atoms with Crippen molar-refractivity contribution in [1.29, 1.82) is 0 Å². The summed E-state index contributed by atoms with van der Waals surface area (Å²) in [4.78, 5) is 0. The summed E-state index contributed by atoms with van der Waals surface area (Å²) in [6.07, 6.45) is 1.14. The molecule has 2 aromatic rings. The monoisotopic (exact) mass is 281 g/mol. The molecule has 0 spiro atoms. The zero-order chi connectivity index (χ0) is 15.2. The molecule has 1 unspecified atom stereocenters. The number of benzene rings is 2. The van der Waals surface area contributed by atoms with Gasteiger partial charge in [-0.05, 0) is 54.1 Å². The Labute approximate surface area is 129 Å². The normalized spacial score (nSPS) is 12.6. The molecule has 0 aliphatic rings. The maximum atomic E-state index is 3.48. The molecule has 21 heavy (non-hydrogen) atoms. The largest absolute Gasteiger partial charge is 0.310 e. The van der Waals surface area contributed by atoms with Gasteiger partial charge in [0.05, 0.1) is 0 Å². The van der Waals surface area contributed by atoms with Crippen molar-refractivity contribution < 1.29 is 0 Å². The summed E-state index contributed by atoms with van der Waals surface area (Å²) in [6, 6.07) is 18.2. The van der Waals surface area contributed by atoms with Gasteiger partial charge in [-0.3, -0.25) is 0 Å². The van der Waals surface area contributed by atoms with Gasteiger partial charge in [0.2, 0.25) is 0 Å². The first-order valence-electron chi connectivity index (χ1n) is 8.02. The average Bonchev–Trinajstić information content (AvgIpc) is 2.47. The SMILES string of the molecule is CCNC(C)c1cccc(-c2cccc(CC(C)C)c2)c1. The second-order valence-corrected chi connectivity index (χ2v) is 6.20. The van der Waals surface area contributed by atoms with E-state index in [0.717, 1.165) is 13.0 Å². The molecule has 0 aliphatic heterocycles. The zero-order valence-electron chi connectivity index (χ0n) is 13.7. The average molecular weight is 281 g/mol. The van der Waals surface area contributed by atoms with Crippen molar-refractivity contribution in [2.75, 3.05) is 6.54 Å². The van der Waals surface area contributed by atoms with Gasteiger partial charge in [-0.2, -0.15) is 0 Å². The molecule has 0 heterocycles. The number of nitrogens with one attached hydrogen (secondary N) is 1. The van der Waals surface area contributed by atoms with Gasteiger partial charge in [-0.1, -0.05) is 63.2 Å². The van der Waals surface area contributed by atoms with Gasteiger partial charge in [0, 0.05) is 6.04 Å². The van der Waals surface area contributed by atoms with E-state index in [0.29, 0.717) is 12.0 Å². The predicted octanol–water partition coefficient (Wildman–Crippen LogP) is 5.22. The standard InChI is InChI=1S/C20H27N/c1-5-21-16(4)18-9-7-11-20(14-18)19-10-6-8-17(13-19)12-15(2)3/h6-11,13-16,21H,5,12H2,1-4H3. The molecular formula is C20H27N. The second-order valence-electron chi connectivity index (χ2n) is 6.20. The number of hydrogen-bond acceptors (Lipinski definition) is 1. The second kappa shape index (κ2) is 7.42. The lowest BCUT2D eigenvalue weighted by Crippen LogP contribution is -2.17. The third-order valence-electron chi connectivity index (χ3n) is 3.80. The van der Waals surface area contributed by atoms with Crippen molar-refractivity contribution in [2.24, 2.45) is 5.92 Å². The van der Waals surface area contributed by atoms with E-state index in [2.05, 4.69) is 81.5 Å². The van der Waals surface area contributed by atoms with Gasteiger partial charge in [0.25, 0.3) is 0 Å². The summed E-state index contributed by atoms with van der Waals surface area (Å²) in [5.74, 6) is 0.695. The first kappa shape index (κ1) is 15.8. The highest BCUT2D eigenvalue weighted by molar-refractivity contribution is 5.65. The topological polar surface area (TPSA) is 12.0 Å². The van der Waals surface area contributed by atoms with Crippen molar-refractivity contribution in [3.05, 3.63) is 59.7 Å². The van der Waals surface area contributed by atoms with E-state index in [1.165, 1.54) is 22.3 Å². The lowest BCUT2D eigenvalue weighted by atomic mass is 9.96. The summed E-state index contributed by atoms with van der Waals surface area (Å²) < 4.78 is 0. The first-order valence-corrected chi connectivity index (χ1v) is 8.02. The minimum Gasteiger partial charge on any atom is -0.310 e. The molecule has 2 aromatic carbocycles. The van der Waals surface area contributed by atoms with Crippen molar-refractivity contribution >= 4 is 0 Å². The lowest BCUT2D eigenvalue weighted by molar-refractivity contribution is 0.598. The third kappa shape index (κ3) is 4.44. The van der Waals surface area contributed by atoms with Crippen molar-refractivity contribution in [3.8, 4) is 11.1 Å². The Morgan fingerprint density at radius 3 is 2.24 bits per heavy atom. The van der Waals surface area contributed by atoms with Crippen LogP contribution in [0.2, 0.25) is 0 Å². The summed E-state index contributed by atoms with van der Waals surface area (Å²) >= 11 is 0. The molecule has 0 saturated heterocycles. The molecule has 1 N–H and O–H groups in total. The van der Waals surface area contributed by atoms with Gasteiger partial charge in [-0.25, -0.2) is 0 Å². The molecule has 0 fully saturated rings. The molecule has 0 saturated carbocycles. The smallest absolute Gasteiger partial charge is 0.0291 e. The number of hydrogen-bond donors (Lipinski definition) is 1. The number of rotatable bonds is 6. The molecule has 0 amide bonds. The Hall–Kier alpha value is -1.60. The van der Waals surface area contributed by atoms with Crippen molar-refractivity contribution in [1.82, 2.24) is 5.32 Å². The minimum atomic E-state index is 0.397. The van der Waals surface area contributed by atoms with Crippen LogP contribution in [0.3, 0.4) is 0 Å². The van der Waals surface area contributed by atoms with Crippen LogP contribution in [0.25, 0.3) is 11.1 Å². The highest BCUT2D eigenvalue weighted by Gasteiger charge is 2.06. The van der Waals surface area contributed by atoms with Crippen molar-refractivity contribution in [2.45, 2.75) is 40.2 Å². The quantitative estimate of drug-likeness (QED) is 0.765. The fraction of sp³-hybridized carbons (Fsp3) is 0.400. The summed E-state index contributed by atoms with van der Waals surface area (Å²) in [7, 11) is 0. The van der Waals surface area contributed by atoms with E-state index >= 15 is 0 Å². The molecule has 1 heteroatoms. The van der Waals surface area contributed by atoms with E-state index in [1.807, 2.05) is 0 Å². The maximum absolute atomic E-state index is 3.48. The van der Waals surface area contributed by atoms with Gasteiger partial charge in [0.15, 0.2) is 0 Å². The van der Waals surface area contributed by atoms with E-state index in [9.17, 15) is 0 Å². The van der Waals surface area contributed by atoms with Gasteiger partial charge in [0.1, 0.15) is 0 Å². The molecule has 112 valence electrons. The Kier molecular flexibility index (Phi) is 5.58. The van der Waals surface area contributed by atoms with E-state index in [1.54, 1.807) is 0 Å². The van der Waals surface area contributed by atoms with Gasteiger partial charge in [-0.15, -0.1) is 0 Å². The Bertz CT molecular complexity index is 572. The van der Waals surface area contributed by atoms with Crippen LogP contribution in [-0.2, 0) is 6.42 Å². The van der Waals surface area contributed by atoms with Crippen LogP contribution >= 0.6 is 0 Å². The molecule has 0 radical (unpaired) electrons. The molecule has 1 atom stereocenters. The summed E-state index contributed by atoms with van der Waals surface area (Å²) in [5, 5.41) is 3.48. The maximum Gasteiger partial charge on any atom is 0.0291 e. The fourth-order valence-electron chi connectivity index (χ4n) is 2.76. The minimum absolute atomic E-state index is 0.397. The highest BCUT2D eigenvalue weighted by atomic mass is 14.9. The Morgan fingerprint density at radius 2 is 1.57 bits per heavy atom. The zero-order valence-corrected chi connectivity index (χ0v) is 13.7. The first-order chi connectivity index (χ1) is 10.1. The molecule has 0 bridgehead atoms.